The predicted molar refractivity (Wildman–Crippen MR) is 99.1 cm³/mol. The van der Waals surface area contributed by atoms with Crippen LogP contribution in [0.3, 0.4) is 0 Å². The summed E-state index contributed by atoms with van der Waals surface area (Å²) in [4.78, 5) is 3.97. The van der Waals surface area contributed by atoms with Crippen molar-refractivity contribution in [2.45, 2.75) is 19.1 Å². The summed E-state index contributed by atoms with van der Waals surface area (Å²) in [6.45, 7) is 2.21. The number of hydrogen-bond acceptors (Lipinski definition) is 4. The van der Waals surface area contributed by atoms with Gasteiger partial charge in [0, 0.05) is 52.7 Å². The highest BCUT2D eigenvalue weighted by Gasteiger charge is 2.36. The predicted octanol–water partition coefficient (Wildman–Crippen LogP) is 1.77. The number of alkyl halides is 3. The molecule has 0 aliphatic carbocycles. The van der Waals surface area contributed by atoms with Crippen molar-refractivity contribution in [2.75, 3.05) is 40.5 Å². The molecule has 0 radical (unpaired) electrons. The highest BCUT2D eigenvalue weighted by Crippen LogP contribution is 2.30. The van der Waals surface area contributed by atoms with E-state index in [1.165, 1.54) is 13.2 Å². The normalized spacial score (nSPS) is 12.0. The van der Waals surface area contributed by atoms with Gasteiger partial charge in [-0.25, -0.2) is 0 Å². The van der Waals surface area contributed by atoms with Crippen molar-refractivity contribution in [1.82, 2.24) is 20.4 Å². The van der Waals surface area contributed by atoms with Gasteiger partial charge in [0.05, 0.1) is 13.2 Å². The quantitative estimate of drug-likeness (QED) is 0.245. The van der Waals surface area contributed by atoms with Crippen LogP contribution in [0.4, 0.5) is 13.2 Å². The molecule has 0 atom stereocenters. The molecule has 0 fully saturated rings. The summed E-state index contributed by atoms with van der Waals surface area (Å²) >= 11 is 0. The van der Waals surface area contributed by atoms with Crippen LogP contribution in [0, 0.1) is 0 Å². The van der Waals surface area contributed by atoms with Crippen molar-refractivity contribution in [3.8, 4) is 0 Å². The molecular formula is C14H25F3IN5O2. The van der Waals surface area contributed by atoms with Crippen molar-refractivity contribution in [2.24, 2.45) is 12.0 Å². The van der Waals surface area contributed by atoms with E-state index in [9.17, 15) is 13.2 Å². The van der Waals surface area contributed by atoms with Gasteiger partial charge in [-0.05, 0) is 6.42 Å². The average molecular weight is 479 g/mol. The molecule has 1 heterocycles. The SMILES string of the molecule is CN=C(NCCCOCCOC)NCc1cn(C)nc1C(F)(F)F.I. The van der Waals surface area contributed by atoms with Crippen LogP contribution in [0.2, 0.25) is 0 Å². The van der Waals surface area contributed by atoms with Crippen molar-refractivity contribution < 1.29 is 22.6 Å². The first-order chi connectivity index (χ1) is 11.4. The van der Waals surface area contributed by atoms with Gasteiger partial charge in [-0.2, -0.15) is 18.3 Å². The van der Waals surface area contributed by atoms with E-state index in [0.717, 1.165) is 11.1 Å². The van der Waals surface area contributed by atoms with Gasteiger partial charge in [0.25, 0.3) is 0 Å². The van der Waals surface area contributed by atoms with Crippen LogP contribution >= 0.6 is 24.0 Å². The summed E-state index contributed by atoms with van der Waals surface area (Å²) in [5.41, 5.74) is -0.824. The molecule has 1 rings (SSSR count). The van der Waals surface area contributed by atoms with E-state index in [-0.39, 0.29) is 36.1 Å². The maximum atomic E-state index is 12.9. The number of nitrogens with zero attached hydrogens (tertiary/aromatic N) is 3. The topological polar surface area (TPSA) is 72.7 Å². The first-order valence-corrected chi connectivity index (χ1v) is 7.49. The first kappa shape index (κ1) is 23.9. The second kappa shape index (κ2) is 12.3. The van der Waals surface area contributed by atoms with Crippen LogP contribution in [0.15, 0.2) is 11.2 Å². The summed E-state index contributed by atoms with van der Waals surface area (Å²) in [5.74, 6) is 0.420. The first-order valence-electron chi connectivity index (χ1n) is 7.49. The Morgan fingerprint density at radius 3 is 2.60 bits per heavy atom. The highest BCUT2D eigenvalue weighted by atomic mass is 127. The molecule has 0 unspecified atom stereocenters. The summed E-state index contributed by atoms with van der Waals surface area (Å²) < 4.78 is 49.9. The van der Waals surface area contributed by atoms with Crippen molar-refractivity contribution in [1.29, 1.82) is 0 Å². The average Bonchev–Trinajstić information content (AvgIpc) is 2.90. The maximum Gasteiger partial charge on any atom is 0.435 e. The molecule has 0 aliphatic heterocycles. The third kappa shape index (κ3) is 9.26. The summed E-state index contributed by atoms with van der Waals surface area (Å²) in [5, 5.41) is 9.32. The lowest BCUT2D eigenvalue weighted by Crippen LogP contribution is -2.37. The van der Waals surface area contributed by atoms with E-state index < -0.39 is 11.9 Å². The Hall–Kier alpha value is -1.08. The molecule has 7 nitrogen and oxygen atoms in total. The number of halogens is 4. The van der Waals surface area contributed by atoms with Crippen LogP contribution < -0.4 is 10.6 Å². The van der Waals surface area contributed by atoms with Crippen LogP contribution in [0.25, 0.3) is 0 Å². The van der Waals surface area contributed by atoms with Crippen LogP contribution in [-0.4, -0.2) is 56.3 Å². The fourth-order valence-electron chi connectivity index (χ4n) is 1.93. The molecule has 11 heteroatoms. The maximum absolute atomic E-state index is 12.9. The minimum atomic E-state index is -4.48. The molecule has 0 saturated heterocycles. The molecule has 0 spiro atoms. The summed E-state index contributed by atoms with van der Waals surface area (Å²) in [6.07, 6.45) is -2.40. The molecular weight excluding hydrogens is 454 g/mol. The summed E-state index contributed by atoms with van der Waals surface area (Å²) in [6, 6.07) is 0. The molecule has 0 aliphatic rings. The zero-order valence-corrected chi connectivity index (χ0v) is 16.9. The zero-order valence-electron chi connectivity index (χ0n) is 14.5. The largest absolute Gasteiger partial charge is 0.435 e. The minimum absolute atomic E-state index is 0. The number of nitrogens with one attached hydrogen (secondary N) is 2. The summed E-state index contributed by atoms with van der Waals surface area (Å²) in [7, 11) is 4.61. The fourth-order valence-corrected chi connectivity index (χ4v) is 1.93. The lowest BCUT2D eigenvalue weighted by molar-refractivity contribution is -0.142. The van der Waals surface area contributed by atoms with E-state index in [1.54, 1.807) is 14.2 Å². The monoisotopic (exact) mass is 479 g/mol. The molecule has 25 heavy (non-hydrogen) atoms. The molecule has 146 valence electrons. The third-order valence-corrected chi connectivity index (χ3v) is 3.03. The lowest BCUT2D eigenvalue weighted by Gasteiger charge is -2.12. The van der Waals surface area contributed by atoms with E-state index in [2.05, 4.69) is 20.7 Å². The van der Waals surface area contributed by atoms with Crippen molar-refractivity contribution in [3.05, 3.63) is 17.5 Å². The molecule has 1 aromatic rings. The van der Waals surface area contributed by atoms with Gasteiger partial charge >= 0.3 is 6.18 Å². The lowest BCUT2D eigenvalue weighted by atomic mass is 10.2. The second-order valence-electron chi connectivity index (χ2n) is 4.99. The number of aliphatic imine (C=N–C) groups is 1. The number of rotatable bonds is 9. The Bertz CT molecular complexity index is 523. The van der Waals surface area contributed by atoms with Crippen LogP contribution in [0.5, 0.6) is 0 Å². The number of methoxy groups -OCH3 is 1. The van der Waals surface area contributed by atoms with Gasteiger partial charge in [0.15, 0.2) is 11.7 Å². The Morgan fingerprint density at radius 2 is 2.00 bits per heavy atom. The molecule has 0 bridgehead atoms. The van der Waals surface area contributed by atoms with Gasteiger partial charge in [-0.1, -0.05) is 0 Å². The Morgan fingerprint density at radius 1 is 1.28 bits per heavy atom. The van der Waals surface area contributed by atoms with Gasteiger partial charge in [0.2, 0.25) is 0 Å². The van der Waals surface area contributed by atoms with Gasteiger partial charge < -0.3 is 20.1 Å². The third-order valence-electron chi connectivity index (χ3n) is 3.03. The zero-order chi connectivity index (χ0) is 18.0. The standard InChI is InChI=1S/C14H24F3N5O2.HI/c1-18-13(19-5-4-6-24-8-7-23-3)20-9-11-10-22(2)21-12(11)14(15,16)17;/h10H,4-9H2,1-3H3,(H2,18,19,20);1H. The van der Waals surface area contributed by atoms with Gasteiger partial charge in [0.1, 0.15) is 0 Å². The number of aromatic nitrogens is 2. The van der Waals surface area contributed by atoms with E-state index in [1.807, 2.05) is 0 Å². The van der Waals surface area contributed by atoms with Crippen LogP contribution in [0.1, 0.15) is 17.7 Å². The minimum Gasteiger partial charge on any atom is -0.382 e. The molecule has 0 amide bonds. The molecule has 0 aromatic carbocycles. The molecule has 1 aromatic heterocycles. The Balaban J connectivity index is 0.00000576. The van der Waals surface area contributed by atoms with Crippen molar-refractivity contribution in [3.63, 3.8) is 0 Å². The second-order valence-corrected chi connectivity index (χ2v) is 4.99. The number of ether oxygens (including phenoxy) is 2. The molecule has 2 N–H and O–H groups in total. The van der Waals surface area contributed by atoms with E-state index in [0.29, 0.717) is 32.3 Å². The van der Waals surface area contributed by atoms with E-state index in [4.69, 9.17) is 9.47 Å². The highest BCUT2D eigenvalue weighted by molar-refractivity contribution is 14.0. The van der Waals surface area contributed by atoms with Crippen molar-refractivity contribution >= 4 is 29.9 Å². The Labute approximate surface area is 162 Å². The van der Waals surface area contributed by atoms with Gasteiger partial charge in [-0.3, -0.25) is 9.67 Å². The van der Waals surface area contributed by atoms with Crippen LogP contribution in [-0.2, 0) is 29.2 Å². The smallest absolute Gasteiger partial charge is 0.382 e. The fraction of sp³-hybridized carbons (Fsp3) is 0.714. The Kier molecular flexibility index (Phi) is 11.8. The van der Waals surface area contributed by atoms with Gasteiger partial charge in [-0.15, -0.1) is 24.0 Å². The number of hydrogen-bond donors (Lipinski definition) is 2. The number of aryl methyl sites for hydroxylation is 1. The van der Waals surface area contributed by atoms with E-state index >= 15 is 0 Å². The molecule has 0 saturated carbocycles. The number of guanidine groups is 1.